The molecular weight excluding hydrogens is 348 g/mol. The highest BCUT2D eigenvalue weighted by molar-refractivity contribution is 6.05. The number of anilines is 1. The molecule has 1 aliphatic heterocycles. The van der Waals surface area contributed by atoms with Gasteiger partial charge in [-0.3, -0.25) is 14.4 Å². The number of amides is 2. The van der Waals surface area contributed by atoms with Gasteiger partial charge in [0.15, 0.2) is 0 Å². The molecule has 0 spiro atoms. The minimum atomic E-state index is -0.992. The summed E-state index contributed by atoms with van der Waals surface area (Å²) < 4.78 is 5.27. The van der Waals surface area contributed by atoms with Crippen molar-refractivity contribution in [2.45, 2.75) is 18.4 Å². The third-order valence-electron chi connectivity index (χ3n) is 4.41. The lowest BCUT2D eigenvalue weighted by Gasteiger charge is -2.27. The van der Waals surface area contributed by atoms with Crippen LogP contribution in [-0.2, 0) is 9.53 Å². The molecule has 3 N–H and O–H groups in total. The lowest BCUT2D eigenvalue weighted by molar-refractivity contribution is -0.138. The van der Waals surface area contributed by atoms with Crippen LogP contribution in [0.1, 0.15) is 33.6 Å². The van der Waals surface area contributed by atoms with Crippen LogP contribution in [-0.4, -0.2) is 41.6 Å². The zero-order chi connectivity index (χ0) is 19.3. The molecule has 0 bridgehead atoms. The zero-order valence-electron chi connectivity index (χ0n) is 14.6. The number of rotatable bonds is 6. The fourth-order valence-electron chi connectivity index (χ4n) is 2.99. The number of carbonyl (C=O) groups excluding carboxylic acids is 2. The molecule has 1 saturated heterocycles. The van der Waals surface area contributed by atoms with Crippen LogP contribution in [0.3, 0.4) is 0 Å². The normalized spacial score (nSPS) is 18.7. The van der Waals surface area contributed by atoms with Crippen LogP contribution in [0.2, 0.25) is 0 Å². The van der Waals surface area contributed by atoms with Crippen LogP contribution in [0.5, 0.6) is 0 Å². The minimum Gasteiger partial charge on any atom is -0.481 e. The molecule has 0 aromatic heterocycles. The van der Waals surface area contributed by atoms with Gasteiger partial charge in [-0.2, -0.15) is 0 Å². The summed E-state index contributed by atoms with van der Waals surface area (Å²) >= 11 is 0. The highest BCUT2D eigenvalue weighted by Crippen LogP contribution is 2.23. The molecule has 2 amide bonds. The van der Waals surface area contributed by atoms with E-state index >= 15 is 0 Å². The summed E-state index contributed by atoms with van der Waals surface area (Å²) in [6.07, 6.45) is 0.249. The predicted octanol–water partition coefficient (Wildman–Crippen LogP) is 2.30. The average Bonchev–Trinajstić information content (AvgIpc) is 3.09. The van der Waals surface area contributed by atoms with Gasteiger partial charge in [0.25, 0.3) is 11.8 Å². The molecule has 0 radical (unpaired) electrons. The molecule has 3 rings (SSSR count). The van der Waals surface area contributed by atoms with Gasteiger partial charge >= 0.3 is 5.97 Å². The zero-order valence-corrected chi connectivity index (χ0v) is 14.6. The molecular formula is C20H20N2O5. The topological polar surface area (TPSA) is 105 Å². The van der Waals surface area contributed by atoms with Crippen LogP contribution in [0.25, 0.3) is 0 Å². The SMILES string of the molecule is O=C(O)CC1(NC(=O)c2ccc(C(=O)Nc3ccccc3)cc2)CCOC1. The van der Waals surface area contributed by atoms with E-state index in [1.807, 2.05) is 18.2 Å². The van der Waals surface area contributed by atoms with E-state index in [2.05, 4.69) is 10.6 Å². The summed E-state index contributed by atoms with van der Waals surface area (Å²) in [5.41, 5.74) is 0.552. The maximum Gasteiger partial charge on any atom is 0.305 e. The molecule has 27 heavy (non-hydrogen) atoms. The van der Waals surface area contributed by atoms with Crippen molar-refractivity contribution in [3.05, 3.63) is 65.7 Å². The Labute approximate surface area is 156 Å². The number of hydrogen-bond acceptors (Lipinski definition) is 4. The van der Waals surface area contributed by atoms with Crippen molar-refractivity contribution in [1.82, 2.24) is 5.32 Å². The van der Waals surface area contributed by atoms with E-state index in [-0.39, 0.29) is 18.9 Å². The largest absolute Gasteiger partial charge is 0.481 e. The van der Waals surface area contributed by atoms with Crippen molar-refractivity contribution in [1.29, 1.82) is 0 Å². The number of hydrogen-bond donors (Lipinski definition) is 3. The Morgan fingerprint density at radius 2 is 1.59 bits per heavy atom. The molecule has 1 aliphatic rings. The first-order valence-electron chi connectivity index (χ1n) is 8.56. The van der Waals surface area contributed by atoms with Crippen molar-refractivity contribution >= 4 is 23.5 Å². The molecule has 1 atom stereocenters. The van der Waals surface area contributed by atoms with Gasteiger partial charge in [-0.15, -0.1) is 0 Å². The monoisotopic (exact) mass is 368 g/mol. The minimum absolute atomic E-state index is 0.169. The molecule has 1 fully saturated rings. The van der Waals surface area contributed by atoms with Gasteiger partial charge in [0, 0.05) is 23.4 Å². The molecule has 2 aromatic carbocycles. The maximum absolute atomic E-state index is 12.5. The Bertz CT molecular complexity index is 827. The summed E-state index contributed by atoms with van der Waals surface area (Å²) in [6.45, 7) is 0.578. The Kier molecular flexibility index (Phi) is 5.52. The van der Waals surface area contributed by atoms with E-state index in [1.54, 1.807) is 36.4 Å². The molecule has 7 heteroatoms. The van der Waals surface area contributed by atoms with E-state index in [9.17, 15) is 14.4 Å². The highest BCUT2D eigenvalue weighted by atomic mass is 16.5. The first-order valence-corrected chi connectivity index (χ1v) is 8.56. The number of para-hydroxylation sites is 1. The molecule has 7 nitrogen and oxygen atoms in total. The number of aliphatic carboxylic acids is 1. The van der Waals surface area contributed by atoms with Crippen molar-refractivity contribution in [3.8, 4) is 0 Å². The molecule has 0 aliphatic carbocycles. The van der Waals surface area contributed by atoms with Crippen LogP contribution < -0.4 is 10.6 Å². The fourth-order valence-corrected chi connectivity index (χ4v) is 2.99. The van der Waals surface area contributed by atoms with E-state index < -0.39 is 17.4 Å². The van der Waals surface area contributed by atoms with Crippen LogP contribution >= 0.6 is 0 Å². The number of nitrogens with one attached hydrogen (secondary N) is 2. The second-order valence-corrected chi connectivity index (χ2v) is 6.51. The summed E-state index contributed by atoms with van der Waals surface area (Å²) in [6, 6.07) is 15.3. The van der Waals surface area contributed by atoms with Gasteiger partial charge in [0.2, 0.25) is 0 Å². The van der Waals surface area contributed by atoms with Crippen molar-refractivity contribution < 1.29 is 24.2 Å². The first kappa shape index (κ1) is 18.6. The van der Waals surface area contributed by atoms with Gasteiger partial charge in [-0.05, 0) is 42.8 Å². The van der Waals surface area contributed by atoms with Gasteiger partial charge in [0.05, 0.1) is 18.6 Å². The van der Waals surface area contributed by atoms with Gasteiger partial charge < -0.3 is 20.5 Å². The first-order chi connectivity index (χ1) is 13.0. The lowest BCUT2D eigenvalue weighted by atomic mass is 9.93. The van der Waals surface area contributed by atoms with E-state index in [0.29, 0.717) is 29.8 Å². The Morgan fingerprint density at radius 1 is 0.963 bits per heavy atom. The van der Waals surface area contributed by atoms with Crippen molar-refractivity contribution in [2.24, 2.45) is 0 Å². The number of ether oxygens (including phenoxy) is 1. The second-order valence-electron chi connectivity index (χ2n) is 6.51. The fraction of sp³-hybridized carbons (Fsp3) is 0.250. The van der Waals surface area contributed by atoms with E-state index in [0.717, 1.165) is 0 Å². The quantitative estimate of drug-likeness (QED) is 0.726. The van der Waals surface area contributed by atoms with E-state index in [1.165, 1.54) is 0 Å². The van der Waals surface area contributed by atoms with Crippen LogP contribution in [0, 0.1) is 0 Å². The third kappa shape index (κ3) is 4.71. The molecule has 140 valence electrons. The standard InChI is InChI=1S/C20H20N2O5/c23-17(24)12-20(10-11-27-13-20)22-19(26)15-8-6-14(7-9-15)18(25)21-16-4-2-1-3-5-16/h1-9H,10-13H2,(H,21,25)(H,22,26)(H,23,24). The van der Waals surface area contributed by atoms with Gasteiger partial charge in [-0.25, -0.2) is 0 Å². The number of carbonyl (C=O) groups is 3. The third-order valence-corrected chi connectivity index (χ3v) is 4.41. The van der Waals surface area contributed by atoms with Gasteiger partial charge in [-0.1, -0.05) is 18.2 Å². The number of carboxylic acids is 1. The smallest absolute Gasteiger partial charge is 0.305 e. The van der Waals surface area contributed by atoms with Gasteiger partial charge in [0.1, 0.15) is 0 Å². The Morgan fingerprint density at radius 3 is 2.15 bits per heavy atom. The number of carboxylic acid groups (broad SMARTS) is 1. The summed E-state index contributed by atoms with van der Waals surface area (Å²) in [5, 5.41) is 14.6. The highest BCUT2D eigenvalue weighted by Gasteiger charge is 2.38. The molecule has 1 heterocycles. The molecule has 2 aromatic rings. The van der Waals surface area contributed by atoms with Crippen molar-refractivity contribution in [2.75, 3.05) is 18.5 Å². The molecule has 1 unspecified atom stereocenters. The van der Waals surface area contributed by atoms with Crippen molar-refractivity contribution in [3.63, 3.8) is 0 Å². The summed E-state index contributed by atoms with van der Waals surface area (Å²) in [5.74, 6) is -1.66. The predicted molar refractivity (Wildman–Crippen MR) is 98.7 cm³/mol. The lowest BCUT2D eigenvalue weighted by Crippen LogP contribution is -2.50. The number of benzene rings is 2. The molecule has 0 saturated carbocycles. The van der Waals surface area contributed by atoms with Crippen LogP contribution in [0.4, 0.5) is 5.69 Å². The summed E-state index contributed by atoms with van der Waals surface area (Å²) in [7, 11) is 0. The van der Waals surface area contributed by atoms with Crippen LogP contribution in [0.15, 0.2) is 54.6 Å². The summed E-state index contributed by atoms with van der Waals surface area (Å²) in [4.78, 5) is 35.8. The Balaban J connectivity index is 1.66. The maximum atomic E-state index is 12.5. The average molecular weight is 368 g/mol. The second kappa shape index (κ2) is 8.01. The van der Waals surface area contributed by atoms with E-state index in [4.69, 9.17) is 9.84 Å². The Hall–Kier alpha value is -3.19.